The number of hydrogen-bond acceptors (Lipinski definition) is 4. The summed E-state index contributed by atoms with van der Waals surface area (Å²) >= 11 is 0. The fourth-order valence-corrected chi connectivity index (χ4v) is 3.17. The van der Waals surface area contributed by atoms with Crippen molar-refractivity contribution in [1.82, 2.24) is 9.71 Å². The third-order valence-electron chi connectivity index (χ3n) is 3.45. The molecule has 0 saturated carbocycles. The second-order valence-corrected chi connectivity index (χ2v) is 6.99. The first-order valence-electron chi connectivity index (χ1n) is 7.21. The van der Waals surface area contributed by atoms with E-state index in [-0.39, 0.29) is 17.3 Å². The Morgan fingerprint density at radius 1 is 1.08 bits per heavy atom. The Bertz CT molecular complexity index is 933. The largest absolute Gasteiger partial charge is 0.441 e. The predicted octanol–water partition coefficient (Wildman–Crippen LogP) is 3.27. The summed E-state index contributed by atoms with van der Waals surface area (Å²) in [6.07, 6.45) is 1.59. The smallest absolute Gasteiger partial charge is 0.240 e. The SMILES string of the molecule is Cc1ncc(-c2ccc(S(=O)(=O)NCc3ccc(F)cc3)cc2)o1. The highest BCUT2D eigenvalue weighted by Gasteiger charge is 2.14. The lowest BCUT2D eigenvalue weighted by atomic mass is 10.2. The standard InChI is InChI=1S/C17H15FN2O3S/c1-12-19-11-17(23-12)14-4-8-16(9-5-14)24(21,22)20-10-13-2-6-15(18)7-3-13/h2-9,11,20H,10H2,1H3. The number of nitrogens with one attached hydrogen (secondary N) is 1. The van der Waals surface area contributed by atoms with E-state index in [2.05, 4.69) is 9.71 Å². The van der Waals surface area contributed by atoms with Crippen LogP contribution in [-0.2, 0) is 16.6 Å². The molecule has 0 saturated heterocycles. The lowest BCUT2D eigenvalue weighted by Crippen LogP contribution is -2.23. The third kappa shape index (κ3) is 3.69. The van der Waals surface area contributed by atoms with Gasteiger partial charge in [0.1, 0.15) is 5.82 Å². The number of sulfonamides is 1. The second kappa shape index (κ2) is 6.54. The maximum atomic E-state index is 12.9. The van der Waals surface area contributed by atoms with E-state index in [9.17, 15) is 12.8 Å². The predicted molar refractivity (Wildman–Crippen MR) is 87.1 cm³/mol. The quantitative estimate of drug-likeness (QED) is 0.770. The van der Waals surface area contributed by atoms with Crippen molar-refractivity contribution in [2.24, 2.45) is 0 Å². The number of aryl methyl sites for hydroxylation is 1. The molecular weight excluding hydrogens is 331 g/mol. The maximum Gasteiger partial charge on any atom is 0.240 e. The molecule has 0 unspecified atom stereocenters. The second-order valence-electron chi connectivity index (χ2n) is 5.22. The summed E-state index contributed by atoms with van der Waals surface area (Å²) in [5.41, 5.74) is 1.42. The van der Waals surface area contributed by atoms with Crippen LogP contribution in [0.1, 0.15) is 11.5 Å². The van der Waals surface area contributed by atoms with Gasteiger partial charge < -0.3 is 4.42 Å². The van der Waals surface area contributed by atoms with Crippen molar-refractivity contribution < 1.29 is 17.2 Å². The summed E-state index contributed by atoms with van der Waals surface area (Å²) in [7, 11) is -3.65. The van der Waals surface area contributed by atoms with E-state index in [0.29, 0.717) is 17.2 Å². The Labute approximate surface area is 139 Å². The van der Waals surface area contributed by atoms with Gasteiger partial charge in [-0.15, -0.1) is 0 Å². The molecule has 124 valence electrons. The number of oxazole rings is 1. The van der Waals surface area contributed by atoms with Gasteiger partial charge in [0.2, 0.25) is 10.0 Å². The van der Waals surface area contributed by atoms with Crippen LogP contribution in [0.3, 0.4) is 0 Å². The van der Waals surface area contributed by atoms with Crippen LogP contribution in [-0.4, -0.2) is 13.4 Å². The van der Waals surface area contributed by atoms with E-state index < -0.39 is 10.0 Å². The number of aromatic nitrogens is 1. The molecule has 0 aliphatic rings. The van der Waals surface area contributed by atoms with Crippen LogP contribution in [0, 0.1) is 12.7 Å². The van der Waals surface area contributed by atoms with Crippen molar-refractivity contribution in [3.8, 4) is 11.3 Å². The number of nitrogens with zero attached hydrogens (tertiary/aromatic N) is 1. The van der Waals surface area contributed by atoms with Crippen LogP contribution in [0.2, 0.25) is 0 Å². The van der Waals surface area contributed by atoms with Gasteiger partial charge in [-0.05, 0) is 42.0 Å². The Kier molecular flexibility index (Phi) is 4.46. The van der Waals surface area contributed by atoms with Crippen LogP contribution in [0.5, 0.6) is 0 Å². The average molecular weight is 346 g/mol. The summed E-state index contributed by atoms with van der Waals surface area (Å²) < 4.78 is 45.4. The molecule has 0 amide bonds. The minimum absolute atomic E-state index is 0.0890. The van der Waals surface area contributed by atoms with Gasteiger partial charge in [0.05, 0.1) is 11.1 Å². The topological polar surface area (TPSA) is 72.2 Å². The molecule has 5 nitrogen and oxygen atoms in total. The van der Waals surface area contributed by atoms with E-state index in [1.807, 2.05) is 0 Å². The van der Waals surface area contributed by atoms with Crippen LogP contribution in [0.4, 0.5) is 4.39 Å². The summed E-state index contributed by atoms with van der Waals surface area (Å²) in [5, 5.41) is 0. The molecule has 0 aliphatic carbocycles. The molecular formula is C17H15FN2O3S. The maximum absolute atomic E-state index is 12.9. The molecule has 3 rings (SSSR count). The first-order valence-corrected chi connectivity index (χ1v) is 8.69. The molecule has 0 atom stereocenters. The Morgan fingerprint density at radius 2 is 1.75 bits per heavy atom. The van der Waals surface area contributed by atoms with Gasteiger partial charge in [-0.2, -0.15) is 0 Å². The molecule has 24 heavy (non-hydrogen) atoms. The molecule has 7 heteroatoms. The van der Waals surface area contributed by atoms with E-state index in [4.69, 9.17) is 4.42 Å². The van der Waals surface area contributed by atoms with Gasteiger partial charge in [-0.3, -0.25) is 0 Å². The van der Waals surface area contributed by atoms with Crippen molar-refractivity contribution >= 4 is 10.0 Å². The molecule has 1 N–H and O–H groups in total. The minimum Gasteiger partial charge on any atom is -0.441 e. The molecule has 1 heterocycles. The highest BCUT2D eigenvalue weighted by molar-refractivity contribution is 7.89. The van der Waals surface area contributed by atoms with E-state index in [1.165, 1.54) is 36.4 Å². The molecule has 0 aliphatic heterocycles. The molecule has 1 aromatic heterocycles. The van der Waals surface area contributed by atoms with Crippen LogP contribution < -0.4 is 4.72 Å². The normalized spacial score (nSPS) is 11.6. The minimum atomic E-state index is -3.65. The van der Waals surface area contributed by atoms with Crippen molar-refractivity contribution in [1.29, 1.82) is 0 Å². The molecule has 3 aromatic rings. The molecule has 0 radical (unpaired) electrons. The van der Waals surface area contributed by atoms with Crippen LogP contribution >= 0.6 is 0 Å². The summed E-state index contributed by atoms with van der Waals surface area (Å²) in [6, 6.07) is 12.0. The van der Waals surface area contributed by atoms with Crippen molar-refractivity contribution in [2.45, 2.75) is 18.4 Å². The van der Waals surface area contributed by atoms with Gasteiger partial charge in [-0.25, -0.2) is 22.5 Å². The van der Waals surface area contributed by atoms with Gasteiger partial charge in [-0.1, -0.05) is 12.1 Å². The van der Waals surface area contributed by atoms with Crippen LogP contribution in [0.25, 0.3) is 11.3 Å². The highest BCUT2D eigenvalue weighted by Crippen LogP contribution is 2.22. The van der Waals surface area contributed by atoms with E-state index in [0.717, 1.165) is 5.56 Å². The lowest BCUT2D eigenvalue weighted by molar-refractivity contribution is 0.534. The number of halogens is 1. The Hall–Kier alpha value is -2.51. The lowest BCUT2D eigenvalue weighted by Gasteiger charge is -2.07. The van der Waals surface area contributed by atoms with Gasteiger partial charge >= 0.3 is 0 Å². The first kappa shape index (κ1) is 16.4. The zero-order valence-electron chi connectivity index (χ0n) is 12.9. The Morgan fingerprint density at radius 3 is 2.33 bits per heavy atom. The summed E-state index contributed by atoms with van der Waals surface area (Å²) in [4.78, 5) is 4.15. The van der Waals surface area contributed by atoms with E-state index in [1.54, 1.807) is 25.3 Å². The van der Waals surface area contributed by atoms with Crippen molar-refractivity contribution in [3.05, 3.63) is 72.0 Å². The zero-order chi connectivity index (χ0) is 17.2. The van der Waals surface area contributed by atoms with Gasteiger partial charge in [0.15, 0.2) is 11.7 Å². The van der Waals surface area contributed by atoms with Gasteiger partial charge in [0, 0.05) is 19.0 Å². The number of benzene rings is 2. The molecule has 0 spiro atoms. The first-order chi connectivity index (χ1) is 11.4. The van der Waals surface area contributed by atoms with E-state index >= 15 is 0 Å². The summed E-state index contributed by atoms with van der Waals surface area (Å²) in [6.45, 7) is 1.83. The Balaban J connectivity index is 1.73. The van der Waals surface area contributed by atoms with Gasteiger partial charge in [0.25, 0.3) is 0 Å². The van der Waals surface area contributed by atoms with Crippen molar-refractivity contribution in [3.63, 3.8) is 0 Å². The summed E-state index contributed by atoms with van der Waals surface area (Å²) in [5.74, 6) is 0.762. The number of rotatable bonds is 5. The van der Waals surface area contributed by atoms with Crippen molar-refractivity contribution in [2.75, 3.05) is 0 Å². The number of hydrogen-bond donors (Lipinski definition) is 1. The highest BCUT2D eigenvalue weighted by atomic mass is 32.2. The third-order valence-corrected chi connectivity index (χ3v) is 4.87. The fraction of sp³-hybridized carbons (Fsp3) is 0.118. The fourth-order valence-electron chi connectivity index (χ4n) is 2.16. The molecule has 0 bridgehead atoms. The monoisotopic (exact) mass is 346 g/mol. The van der Waals surface area contributed by atoms with Crippen LogP contribution in [0.15, 0.2) is 64.0 Å². The average Bonchev–Trinajstić information content (AvgIpc) is 3.01. The zero-order valence-corrected chi connectivity index (χ0v) is 13.7. The molecule has 2 aromatic carbocycles. The molecule has 0 fully saturated rings.